The summed E-state index contributed by atoms with van der Waals surface area (Å²) in [6.07, 6.45) is 3.79. The van der Waals surface area contributed by atoms with E-state index in [1.165, 1.54) is 0 Å². The Morgan fingerprint density at radius 1 is 1.30 bits per heavy atom. The average Bonchev–Trinajstić information content (AvgIpc) is 2.94. The molecule has 0 bridgehead atoms. The first-order valence-corrected chi connectivity index (χ1v) is 7.07. The number of carbonyl (C=O) groups excluding carboxylic acids is 1. The van der Waals surface area contributed by atoms with E-state index in [0.29, 0.717) is 17.1 Å². The van der Waals surface area contributed by atoms with Crippen molar-refractivity contribution in [1.82, 2.24) is 14.5 Å². The molecule has 0 radical (unpaired) electrons. The second kappa shape index (κ2) is 5.38. The molecule has 0 N–H and O–H groups in total. The molecule has 3 rings (SSSR count). The Labute approximate surface area is 123 Å². The van der Waals surface area contributed by atoms with Crippen LogP contribution in [0, 0.1) is 0 Å². The van der Waals surface area contributed by atoms with Crippen LogP contribution in [0.2, 0.25) is 5.02 Å². The van der Waals surface area contributed by atoms with Crippen LogP contribution in [0.1, 0.15) is 23.1 Å². The van der Waals surface area contributed by atoms with Crippen molar-refractivity contribution in [2.75, 3.05) is 6.54 Å². The molecular formula is C15H16ClN3O. The molecule has 5 heteroatoms. The first-order valence-electron chi connectivity index (χ1n) is 6.69. The molecule has 1 aromatic heterocycles. The van der Waals surface area contributed by atoms with Gasteiger partial charge >= 0.3 is 0 Å². The Morgan fingerprint density at radius 2 is 2.05 bits per heavy atom. The predicted molar refractivity (Wildman–Crippen MR) is 77.9 cm³/mol. The number of halogens is 1. The molecule has 0 saturated heterocycles. The number of ketones is 1. The lowest BCUT2D eigenvalue weighted by Crippen LogP contribution is -2.43. The number of hydrogen-bond acceptors (Lipinski definition) is 3. The number of hydrogen-bond donors (Lipinski definition) is 0. The number of aromatic nitrogens is 2. The van der Waals surface area contributed by atoms with Crippen molar-refractivity contribution >= 4 is 17.4 Å². The quantitative estimate of drug-likeness (QED) is 0.815. The summed E-state index contributed by atoms with van der Waals surface area (Å²) in [5.41, 5.74) is 0.704. The molecule has 0 aliphatic carbocycles. The molecule has 1 aliphatic heterocycles. The minimum atomic E-state index is -0.151. The molecule has 1 atom stereocenters. The van der Waals surface area contributed by atoms with Gasteiger partial charge in [-0.3, -0.25) is 9.69 Å². The minimum Gasteiger partial charge on any atom is -0.333 e. The number of rotatable bonds is 3. The number of imidazole rings is 1. The number of nitrogens with zero attached hydrogens (tertiary/aromatic N) is 3. The van der Waals surface area contributed by atoms with Crippen LogP contribution in [0.5, 0.6) is 0 Å². The lowest BCUT2D eigenvalue weighted by molar-refractivity contribution is 0.0793. The van der Waals surface area contributed by atoms with Gasteiger partial charge in [0.15, 0.2) is 5.78 Å². The summed E-state index contributed by atoms with van der Waals surface area (Å²) in [5, 5.41) is 0.647. The van der Waals surface area contributed by atoms with Gasteiger partial charge in [0.2, 0.25) is 0 Å². The van der Waals surface area contributed by atoms with Gasteiger partial charge in [0.1, 0.15) is 5.82 Å². The minimum absolute atomic E-state index is 0.127. The van der Waals surface area contributed by atoms with E-state index in [4.69, 9.17) is 11.6 Å². The zero-order valence-electron chi connectivity index (χ0n) is 11.3. The van der Waals surface area contributed by atoms with Gasteiger partial charge in [-0.1, -0.05) is 11.6 Å². The molecule has 20 heavy (non-hydrogen) atoms. The first-order chi connectivity index (χ1) is 9.65. The van der Waals surface area contributed by atoms with Crippen LogP contribution in [0.15, 0.2) is 36.7 Å². The normalized spacial score (nSPS) is 16.7. The van der Waals surface area contributed by atoms with E-state index in [1.54, 1.807) is 24.3 Å². The molecule has 1 aliphatic rings. The summed E-state index contributed by atoms with van der Waals surface area (Å²) < 4.78 is 2.13. The Kier molecular flexibility index (Phi) is 3.59. The maximum Gasteiger partial charge on any atom is 0.179 e. The van der Waals surface area contributed by atoms with E-state index in [0.717, 1.165) is 18.9 Å². The molecule has 0 fully saturated rings. The Bertz CT molecular complexity index is 620. The number of fused-ring (bicyclic) bond motifs is 1. The number of Topliss-reactive ketones (excluding diaryl/α,β-unsaturated/α-hetero) is 1. The highest BCUT2D eigenvalue weighted by Gasteiger charge is 2.26. The smallest absolute Gasteiger partial charge is 0.179 e. The molecule has 0 amide bonds. The summed E-state index contributed by atoms with van der Waals surface area (Å²) in [7, 11) is 0. The largest absolute Gasteiger partial charge is 0.333 e. The molecule has 104 valence electrons. The fourth-order valence-corrected chi connectivity index (χ4v) is 2.67. The highest BCUT2D eigenvalue weighted by molar-refractivity contribution is 6.30. The Morgan fingerprint density at radius 3 is 2.80 bits per heavy atom. The molecule has 4 nitrogen and oxygen atoms in total. The van der Waals surface area contributed by atoms with E-state index in [2.05, 4.69) is 14.5 Å². The third-order valence-electron chi connectivity index (χ3n) is 3.83. The summed E-state index contributed by atoms with van der Waals surface area (Å²) in [4.78, 5) is 19.0. The van der Waals surface area contributed by atoms with Gasteiger partial charge in [-0.05, 0) is 31.2 Å². The lowest BCUT2D eigenvalue weighted by Gasteiger charge is -2.31. The van der Waals surface area contributed by atoms with Gasteiger partial charge in [0.05, 0.1) is 12.6 Å². The van der Waals surface area contributed by atoms with Crippen molar-refractivity contribution < 1.29 is 4.79 Å². The van der Waals surface area contributed by atoms with Gasteiger partial charge in [-0.15, -0.1) is 0 Å². The highest BCUT2D eigenvalue weighted by Crippen LogP contribution is 2.17. The van der Waals surface area contributed by atoms with Crippen molar-refractivity contribution in [3.05, 3.63) is 53.1 Å². The molecule has 1 unspecified atom stereocenters. The summed E-state index contributed by atoms with van der Waals surface area (Å²) in [6.45, 7) is 4.42. The third-order valence-corrected chi connectivity index (χ3v) is 4.08. The predicted octanol–water partition coefficient (Wildman–Crippen LogP) is 2.62. The van der Waals surface area contributed by atoms with Crippen LogP contribution in [-0.2, 0) is 13.1 Å². The summed E-state index contributed by atoms with van der Waals surface area (Å²) >= 11 is 5.86. The van der Waals surface area contributed by atoms with Crippen molar-refractivity contribution in [3.8, 4) is 0 Å². The topological polar surface area (TPSA) is 38.1 Å². The zero-order valence-corrected chi connectivity index (χ0v) is 12.0. The monoisotopic (exact) mass is 289 g/mol. The maximum absolute atomic E-state index is 12.5. The van der Waals surface area contributed by atoms with E-state index in [9.17, 15) is 4.79 Å². The van der Waals surface area contributed by atoms with Gasteiger partial charge in [0.25, 0.3) is 0 Å². The van der Waals surface area contributed by atoms with Crippen molar-refractivity contribution in [2.24, 2.45) is 0 Å². The van der Waals surface area contributed by atoms with Crippen LogP contribution in [-0.4, -0.2) is 32.8 Å². The standard InChI is InChI=1S/C15H16ClN3O/c1-11(15(20)12-2-4-13(16)5-3-12)19-9-8-18-7-6-17-14(18)10-19/h2-7,11H,8-10H2,1H3. The van der Waals surface area contributed by atoms with Crippen molar-refractivity contribution in [1.29, 1.82) is 0 Å². The van der Waals surface area contributed by atoms with Gasteiger partial charge in [-0.2, -0.15) is 0 Å². The van der Waals surface area contributed by atoms with Gasteiger partial charge in [-0.25, -0.2) is 4.98 Å². The summed E-state index contributed by atoms with van der Waals surface area (Å²) in [6, 6.07) is 6.93. The first kappa shape index (κ1) is 13.3. The highest BCUT2D eigenvalue weighted by atomic mass is 35.5. The van der Waals surface area contributed by atoms with Gasteiger partial charge in [0, 0.05) is 36.1 Å². The van der Waals surface area contributed by atoms with Gasteiger partial charge < -0.3 is 4.57 Å². The van der Waals surface area contributed by atoms with Crippen molar-refractivity contribution in [3.63, 3.8) is 0 Å². The second-order valence-electron chi connectivity index (χ2n) is 5.05. The fourth-order valence-electron chi connectivity index (χ4n) is 2.54. The molecule has 2 heterocycles. The summed E-state index contributed by atoms with van der Waals surface area (Å²) in [5.74, 6) is 1.15. The molecule has 1 aromatic carbocycles. The van der Waals surface area contributed by atoms with Crippen LogP contribution in [0.4, 0.5) is 0 Å². The third kappa shape index (κ3) is 2.49. The van der Waals surface area contributed by atoms with Crippen LogP contribution in [0.3, 0.4) is 0 Å². The van der Waals surface area contributed by atoms with Crippen LogP contribution >= 0.6 is 11.6 Å². The number of carbonyl (C=O) groups is 1. The van der Waals surface area contributed by atoms with E-state index in [1.807, 2.05) is 19.3 Å². The SMILES string of the molecule is CC(C(=O)c1ccc(Cl)cc1)N1CCn2ccnc2C1. The second-order valence-corrected chi connectivity index (χ2v) is 5.49. The average molecular weight is 290 g/mol. The Hall–Kier alpha value is -1.65. The van der Waals surface area contributed by atoms with E-state index < -0.39 is 0 Å². The van der Waals surface area contributed by atoms with E-state index >= 15 is 0 Å². The molecule has 2 aromatic rings. The molecule has 0 spiro atoms. The Balaban J connectivity index is 1.74. The van der Waals surface area contributed by atoms with Crippen LogP contribution < -0.4 is 0 Å². The zero-order chi connectivity index (χ0) is 14.1. The molecule has 0 saturated carbocycles. The maximum atomic E-state index is 12.5. The van der Waals surface area contributed by atoms with Crippen molar-refractivity contribution in [2.45, 2.75) is 26.1 Å². The fraction of sp³-hybridized carbons (Fsp3) is 0.333. The lowest BCUT2D eigenvalue weighted by atomic mass is 10.0. The van der Waals surface area contributed by atoms with E-state index in [-0.39, 0.29) is 11.8 Å². The molecular weight excluding hydrogens is 274 g/mol. The van der Waals surface area contributed by atoms with Crippen LogP contribution in [0.25, 0.3) is 0 Å². The number of benzene rings is 1.